The van der Waals surface area contributed by atoms with E-state index in [0.717, 1.165) is 0 Å². The summed E-state index contributed by atoms with van der Waals surface area (Å²) < 4.78 is 30.9. The molecule has 0 N–H and O–H groups in total. The fourth-order valence-corrected chi connectivity index (χ4v) is 1.42. The quantitative estimate of drug-likeness (QED) is 0.557. The Bertz CT molecular complexity index is 140. The molecule has 0 saturated carbocycles. The monoisotopic (exact) mass is 238 g/mol. The Labute approximate surface area is 96.7 Å². The summed E-state index contributed by atoms with van der Waals surface area (Å²) >= 11 is 0. The van der Waals surface area contributed by atoms with E-state index in [0.29, 0.717) is 12.8 Å². The average Bonchev–Trinajstić information content (AvgIpc) is 2.37. The molecule has 0 radical (unpaired) electrons. The summed E-state index contributed by atoms with van der Waals surface area (Å²) in [6.45, 7) is 0. The molecule has 0 aromatic heterocycles. The summed E-state index contributed by atoms with van der Waals surface area (Å²) in [5.74, 6) is -2.22. The minimum atomic E-state index is -1.11. The molecule has 0 aromatic carbocycles. The van der Waals surface area contributed by atoms with Gasteiger partial charge in [0.15, 0.2) is 0 Å². The van der Waals surface area contributed by atoms with Crippen molar-refractivity contribution >= 4 is 0 Å². The molecule has 0 bridgehead atoms. The van der Waals surface area contributed by atoms with Gasteiger partial charge in [0.25, 0.3) is 11.9 Å². The maximum Gasteiger partial charge on any atom is 0.282 e. The summed E-state index contributed by atoms with van der Waals surface area (Å²) in [5, 5.41) is 0. The normalized spacial score (nSPS) is 13.1. The van der Waals surface area contributed by atoms with Gasteiger partial charge in [-0.3, -0.25) is 0 Å². The SMILES string of the molecule is COC(CCC(OC)(OC)OC)(OC)OC. The van der Waals surface area contributed by atoms with E-state index in [1.165, 1.54) is 42.7 Å². The van der Waals surface area contributed by atoms with Crippen LogP contribution in [0.15, 0.2) is 0 Å². The maximum atomic E-state index is 5.15. The highest BCUT2D eigenvalue weighted by atomic mass is 16.9. The lowest BCUT2D eigenvalue weighted by atomic mass is 10.2. The first-order chi connectivity index (χ1) is 7.57. The number of hydrogen-bond acceptors (Lipinski definition) is 6. The molecular formula is C10H22O6. The summed E-state index contributed by atoms with van der Waals surface area (Å²) in [6, 6.07) is 0. The second kappa shape index (κ2) is 7.16. The van der Waals surface area contributed by atoms with Crippen molar-refractivity contribution in [2.24, 2.45) is 0 Å². The predicted molar refractivity (Wildman–Crippen MR) is 56.8 cm³/mol. The van der Waals surface area contributed by atoms with Crippen LogP contribution in [0.2, 0.25) is 0 Å². The number of hydrogen-bond donors (Lipinski definition) is 0. The van der Waals surface area contributed by atoms with Crippen molar-refractivity contribution in [2.75, 3.05) is 42.7 Å². The zero-order valence-electron chi connectivity index (χ0n) is 10.9. The molecule has 0 fully saturated rings. The van der Waals surface area contributed by atoms with E-state index < -0.39 is 11.9 Å². The van der Waals surface area contributed by atoms with Crippen LogP contribution < -0.4 is 0 Å². The standard InChI is InChI=1S/C10H22O6/c1-11-9(12-2,13-3)7-8-10(14-4,15-5)16-6/h7-8H2,1-6H3. The van der Waals surface area contributed by atoms with Gasteiger partial charge in [-0.15, -0.1) is 0 Å². The van der Waals surface area contributed by atoms with E-state index in [2.05, 4.69) is 0 Å². The molecule has 0 rings (SSSR count). The van der Waals surface area contributed by atoms with Gasteiger partial charge in [-0.05, 0) is 0 Å². The molecule has 0 amide bonds. The molecule has 0 aliphatic rings. The van der Waals surface area contributed by atoms with Gasteiger partial charge in [0.05, 0.1) is 0 Å². The average molecular weight is 238 g/mol. The third kappa shape index (κ3) is 3.65. The second-order valence-electron chi connectivity index (χ2n) is 3.09. The van der Waals surface area contributed by atoms with E-state index in [-0.39, 0.29) is 0 Å². The smallest absolute Gasteiger partial charge is 0.282 e. The zero-order chi connectivity index (χ0) is 12.7. The molecule has 6 heteroatoms. The van der Waals surface area contributed by atoms with Crippen LogP contribution in [0.1, 0.15) is 12.8 Å². The Kier molecular flexibility index (Phi) is 7.05. The molecule has 0 spiro atoms. The van der Waals surface area contributed by atoms with Crippen LogP contribution in [0.25, 0.3) is 0 Å². The van der Waals surface area contributed by atoms with Crippen LogP contribution in [-0.4, -0.2) is 54.6 Å². The first-order valence-electron chi connectivity index (χ1n) is 4.88. The van der Waals surface area contributed by atoms with Gasteiger partial charge in [0.1, 0.15) is 0 Å². The van der Waals surface area contributed by atoms with Gasteiger partial charge in [0.2, 0.25) is 0 Å². The van der Waals surface area contributed by atoms with Crippen LogP contribution in [0, 0.1) is 0 Å². The molecule has 0 aromatic rings. The summed E-state index contributed by atoms with van der Waals surface area (Å²) in [6.07, 6.45) is 0.790. The molecule has 0 atom stereocenters. The fraction of sp³-hybridized carbons (Fsp3) is 1.00. The fourth-order valence-electron chi connectivity index (χ4n) is 1.42. The van der Waals surface area contributed by atoms with Crippen molar-refractivity contribution in [2.45, 2.75) is 24.8 Å². The van der Waals surface area contributed by atoms with Crippen molar-refractivity contribution < 1.29 is 28.4 Å². The molecule has 0 unspecified atom stereocenters. The number of rotatable bonds is 9. The molecule has 0 saturated heterocycles. The van der Waals surface area contributed by atoms with Crippen LogP contribution in [0.5, 0.6) is 0 Å². The third-order valence-corrected chi connectivity index (χ3v) is 2.60. The second-order valence-corrected chi connectivity index (χ2v) is 3.09. The van der Waals surface area contributed by atoms with Gasteiger partial charge in [0, 0.05) is 55.5 Å². The van der Waals surface area contributed by atoms with Crippen molar-refractivity contribution in [3.05, 3.63) is 0 Å². The minimum absolute atomic E-state index is 0.395. The Balaban J connectivity index is 4.48. The Morgan fingerprint density at radius 3 is 0.812 bits per heavy atom. The summed E-state index contributed by atoms with van der Waals surface area (Å²) in [5.41, 5.74) is 0. The predicted octanol–water partition coefficient (Wildman–Crippen LogP) is 0.953. The maximum absolute atomic E-state index is 5.15. The van der Waals surface area contributed by atoms with E-state index in [4.69, 9.17) is 28.4 Å². The molecule has 98 valence electrons. The van der Waals surface area contributed by atoms with Crippen LogP contribution in [0.3, 0.4) is 0 Å². The lowest BCUT2D eigenvalue weighted by Crippen LogP contribution is -2.42. The van der Waals surface area contributed by atoms with Crippen LogP contribution in [0.4, 0.5) is 0 Å². The van der Waals surface area contributed by atoms with Gasteiger partial charge in [-0.1, -0.05) is 0 Å². The van der Waals surface area contributed by atoms with Gasteiger partial charge < -0.3 is 28.4 Å². The molecule has 16 heavy (non-hydrogen) atoms. The van der Waals surface area contributed by atoms with Gasteiger partial charge in [-0.2, -0.15) is 0 Å². The molecule has 6 nitrogen and oxygen atoms in total. The van der Waals surface area contributed by atoms with Crippen molar-refractivity contribution in [3.8, 4) is 0 Å². The van der Waals surface area contributed by atoms with E-state index in [9.17, 15) is 0 Å². The Morgan fingerprint density at radius 1 is 0.500 bits per heavy atom. The van der Waals surface area contributed by atoms with Crippen molar-refractivity contribution in [1.29, 1.82) is 0 Å². The number of ether oxygens (including phenoxy) is 6. The number of methoxy groups -OCH3 is 6. The molecule has 0 aliphatic heterocycles. The Morgan fingerprint density at radius 2 is 0.688 bits per heavy atom. The van der Waals surface area contributed by atoms with Crippen molar-refractivity contribution in [1.82, 2.24) is 0 Å². The lowest BCUT2D eigenvalue weighted by Gasteiger charge is -2.34. The van der Waals surface area contributed by atoms with Crippen LogP contribution >= 0.6 is 0 Å². The highest BCUT2D eigenvalue weighted by Crippen LogP contribution is 2.27. The molecule has 0 heterocycles. The third-order valence-electron chi connectivity index (χ3n) is 2.60. The first kappa shape index (κ1) is 15.8. The summed E-state index contributed by atoms with van der Waals surface area (Å²) in [7, 11) is 9.01. The Hall–Kier alpha value is -0.240. The van der Waals surface area contributed by atoms with Gasteiger partial charge in [-0.25, -0.2) is 0 Å². The highest BCUT2D eigenvalue weighted by molar-refractivity contribution is 4.63. The molecule has 0 aliphatic carbocycles. The minimum Gasteiger partial charge on any atom is -0.331 e. The summed E-state index contributed by atoms with van der Waals surface area (Å²) in [4.78, 5) is 0. The molecular weight excluding hydrogens is 216 g/mol. The van der Waals surface area contributed by atoms with Crippen molar-refractivity contribution in [3.63, 3.8) is 0 Å². The zero-order valence-corrected chi connectivity index (χ0v) is 10.9. The first-order valence-corrected chi connectivity index (χ1v) is 4.88. The highest BCUT2D eigenvalue weighted by Gasteiger charge is 2.37. The lowest BCUT2D eigenvalue weighted by molar-refractivity contribution is -0.389. The van der Waals surface area contributed by atoms with E-state index >= 15 is 0 Å². The topological polar surface area (TPSA) is 55.4 Å². The largest absolute Gasteiger partial charge is 0.331 e. The van der Waals surface area contributed by atoms with Crippen LogP contribution in [-0.2, 0) is 28.4 Å². The van der Waals surface area contributed by atoms with Gasteiger partial charge >= 0.3 is 0 Å². The van der Waals surface area contributed by atoms with E-state index in [1.807, 2.05) is 0 Å². The van der Waals surface area contributed by atoms with E-state index in [1.54, 1.807) is 0 Å².